The van der Waals surface area contributed by atoms with Crippen LogP contribution in [-0.2, 0) is 20.0 Å². The lowest BCUT2D eigenvalue weighted by molar-refractivity contribution is 0.0722. The number of amides is 1. The summed E-state index contributed by atoms with van der Waals surface area (Å²) >= 11 is 0. The Morgan fingerprint density at radius 2 is 2.24 bits per heavy atom. The number of hydrogen-bond donors (Lipinski definition) is 0. The Labute approximate surface area is 123 Å². The molecule has 3 rings (SSSR count). The Balaban J connectivity index is 1.78. The Morgan fingerprint density at radius 1 is 1.38 bits per heavy atom. The number of hydrogen-bond acceptors (Lipinski definition) is 4. The Kier molecular flexibility index (Phi) is 3.60. The minimum atomic E-state index is 0.00883. The van der Waals surface area contributed by atoms with Crippen LogP contribution in [0.3, 0.4) is 0 Å². The van der Waals surface area contributed by atoms with Crippen molar-refractivity contribution in [1.82, 2.24) is 19.7 Å². The van der Waals surface area contributed by atoms with Crippen LogP contribution in [0.4, 0.5) is 0 Å². The highest BCUT2D eigenvalue weighted by Gasteiger charge is 2.24. The molecule has 6 nitrogen and oxygen atoms in total. The first-order valence-electron chi connectivity index (χ1n) is 7.08. The zero-order valence-corrected chi connectivity index (χ0v) is 12.2. The maximum atomic E-state index is 12.5. The Hall–Kier alpha value is -2.37. The molecule has 0 saturated heterocycles. The lowest BCUT2D eigenvalue weighted by atomic mass is 10.1. The average Bonchev–Trinajstić information content (AvgIpc) is 2.92. The molecule has 21 heavy (non-hydrogen) atoms. The van der Waals surface area contributed by atoms with Crippen LogP contribution in [0.5, 0.6) is 5.88 Å². The van der Waals surface area contributed by atoms with E-state index in [0.29, 0.717) is 31.3 Å². The summed E-state index contributed by atoms with van der Waals surface area (Å²) in [5, 5.41) is 4.05. The Morgan fingerprint density at radius 3 is 2.95 bits per heavy atom. The van der Waals surface area contributed by atoms with Gasteiger partial charge in [0.2, 0.25) is 5.88 Å². The van der Waals surface area contributed by atoms with E-state index in [1.54, 1.807) is 24.0 Å². The topological polar surface area (TPSA) is 60.2 Å². The van der Waals surface area contributed by atoms with Gasteiger partial charge in [0, 0.05) is 38.8 Å². The largest absolute Gasteiger partial charge is 0.478 e. The van der Waals surface area contributed by atoms with Crippen molar-refractivity contribution < 1.29 is 9.53 Å². The molecule has 0 atom stereocenters. The van der Waals surface area contributed by atoms with Gasteiger partial charge in [-0.1, -0.05) is 6.07 Å². The second-order valence-electron chi connectivity index (χ2n) is 5.01. The van der Waals surface area contributed by atoms with Gasteiger partial charge in [0.15, 0.2) is 0 Å². The van der Waals surface area contributed by atoms with Crippen molar-refractivity contribution in [3.8, 4) is 5.88 Å². The summed E-state index contributed by atoms with van der Waals surface area (Å²) in [5.74, 6) is 0.664. The number of carbonyl (C=O) groups excluding carboxylic acids is 1. The second-order valence-corrected chi connectivity index (χ2v) is 5.01. The zero-order chi connectivity index (χ0) is 14.8. The van der Waals surface area contributed by atoms with Crippen molar-refractivity contribution in [2.75, 3.05) is 13.2 Å². The molecular weight excluding hydrogens is 268 g/mol. The fraction of sp³-hybridized carbons (Fsp3) is 0.400. The van der Waals surface area contributed by atoms with Crippen molar-refractivity contribution in [2.45, 2.75) is 19.9 Å². The van der Waals surface area contributed by atoms with Gasteiger partial charge in [-0.05, 0) is 18.6 Å². The maximum Gasteiger partial charge on any atom is 0.272 e. The van der Waals surface area contributed by atoms with Crippen molar-refractivity contribution in [3.63, 3.8) is 0 Å². The summed E-state index contributed by atoms with van der Waals surface area (Å²) in [6.07, 6.45) is 2.39. The van der Waals surface area contributed by atoms with E-state index in [1.807, 2.05) is 24.0 Å². The number of nitrogens with zero attached hydrogens (tertiary/aromatic N) is 4. The van der Waals surface area contributed by atoms with Gasteiger partial charge in [-0.2, -0.15) is 5.10 Å². The van der Waals surface area contributed by atoms with Crippen LogP contribution in [0.2, 0.25) is 0 Å². The molecule has 110 valence electrons. The molecule has 6 heteroatoms. The van der Waals surface area contributed by atoms with E-state index in [4.69, 9.17) is 4.74 Å². The molecule has 0 bridgehead atoms. The summed E-state index contributed by atoms with van der Waals surface area (Å²) < 4.78 is 7.02. The molecule has 1 aliphatic rings. The molecular formula is C15H18N4O2. The third kappa shape index (κ3) is 2.61. The molecule has 0 unspecified atom stereocenters. The molecule has 0 radical (unpaired) electrons. The minimum Gasteiger partial charge on any atom is -0.478 e. The van der Waals surface area contributed by atoms with Gasteiger partial charge in [0.1, 0.15) is 5.69 Å². The van der Waals surface area contributed by atoms with E-state index in [-0.39, 0.29) is 5.91 Å². The van der Waals surface area contributed by atoms with Crippen molar-refractivity contribution in [2.24, 2.45) is 7.05 Å². The molecule has 0 aliphatic carbocycles. The minimum absolute atomic E-state index is 0.00883. The number of aromatic nitrogens is 3. The quantitative estimate of drug-likeness (QED) is 0.856. The molecule has 0 aromatic carbocycles. The van der Waals surface area contributed by atoms with E-state index in [1.165, 1.54) is 0 Å². The smallest absolute Gasteiger partial charge is 0.272 e. The van der Waals surface area contributed by atoms with E-state index >= 15 is 0 Å². The van der Waals surface area contributed by atoms with Gasteiger partial charge in [-0.15, -0.1) is 0 Å². The summed E-state index contributed by atoms with van der Waals surface area (Å²) in [7, 11) is 1.78. The lowest BCUT2D eigenvalue weighted by Crippen LogP contribution is -2.37. The maximum absolute atomic E-state index is 12.5. The van der Waals surface area contributed by atoms with Crippen LogP contribution in [0.1, 0.15) is 28.7 Å². The molecule has 2 aromatic heterocycles. The van der Waals surface area contributed by atoms with Gasteiger partial charge in [-0.3, -0.25) is 9.48 Å². The predicted octanol–water partition coefficient (Wildman–Crippen LogP) is 1.41. The van der Waals surface area contributed by atoms with Crippen LogP contribution in [-0.4, -0.2) is 38.7 Å². The van der Waals surface area contributed by atoms with Gasteiger partial charge in [-0.25, -0.2) is 4.98 Å². The summed E-state index contributed by atoms with van der Waals surface area (Å²) in [5.41, 5.74) is 2.72. The van der Waals surface area contributed by atoms with Crippen LogP contribution in [0, 0.1) is 0 Å². The number of carbonyl (C=O) groups is 1. The van der Waals surface area contributed by atoms with Crippen LogP contribution >= 0.6 is 0 Å². The summed E-state index contributed by atoms with van der Waals surface area (Å²) in [6.45, 7) is 3.80. The van der Waals surface area contributed by atoms with E-state index in [0.717, 1.165) is 17.7 Å². The summed E-state index contributed by atoms with van der Waals surface area (Å²) in [4.78, 5) is 18.8. The fourth-order valence-corrected chi connectivity index (χ4v) is 2.54. The fourth-order valence-electron chi connectivity index (χ4n) is 2.54. The third-order valence-electron chi connectivity index (χ3n) is 3.64. The highest BCUT2D eigenvalue weighted by atomic mass is 16.5. The van der Waals surface area contributed by atoms with E-state index < -0.39 is 0 Å². The number of aryl methyl sites for hydroxylation is 1. The first-order chi connectivity index (χ1) is 10.2. The summed E-state index contributed by atoms with van der Waals surface area (Å²) in [6, 6.07) is 5.60. The van der Waals surface area contributed by atoms with Crippen LogP contribution < -0.4 is 4.74 Å². The van der Waals surface area contributed by atoms with Gasteiger partial charge >= 0.3 is 0 Å². The molecule has 0 N–H and O–H groups in total. The third-order valence-corrected chi connectivity index (χ3v) is 3.64. The number of rotatable bonds is 3. The molecule has 0 fully saturated rings. The van der Waals surface area contributed by atoms with Gasteiger partial charge in [0.25, 0.3) is 5.91 Å². The SMILES string of the molecule is CCOc1ccc2c(n1)CCN(C(=O)c1ccnn1C)C2. The highest BCUT2D eigenvalue weighted by molar-refractivity contribution is 5.92. The number of ether oxygens (including phenoxy) is 1. The van der Waals surface area contributed by atoms with Gasteiger partial charge < -0.3 is 9.64 Å². The Bertz CT molecular complexity index is 665. The molecule has 0 spiro atoms. The normalized spacial score (nSPS) is 13.9. The van der Waals surface area contributed by atoms with E-state index in [9.17, 15) is 4.79 Å². The van der Waals surface area contributed by atoms with Crippen molar-refractivity contribution >= 4 is 5.91 Å². The van der Waals surface area contributed by atoms with Crippen LogP contribution in [0.15, 0.2) is 24.4 Å². The molecule has 1 amide bonds. The van der Waals surface area contributed by atoms with Crippen molar-refractivity contribution in [1.29, 1.82) is 0 Å². The highest BCUT2D eigenvalue weighted by Crippen LogP contribution is 2.21. The monoisotopic (exact) mass is 286 g/mol. The molecule has 3 heterocycles. The standard InChI is InChI=1S/C15H18N4O2/c1-3-21-14-5-4-11-10-19(9-7-12(11)17-14)15(20)13-6-8-16-18(13)2/h4-6,8H,3,7,9-10H2,1-2H3. The number of fused-ring (bicyclic) bond motifs is 1. The number of pyridine rings is 1. The molecule has 2 aromatic rings. The molecule has 1 aliphatic heterocycles. The lowest BCUT2D eigenvalue weighted by Gasteiger charge is -2.28. The predicted molar refractivity (Wildman–Crippen MR) is 77.1 cm³/mol. The second kappa shape index (κ2) is 5.55. The van der Waals surface area contributed by atoms with E-state index in [2.05, 4.69) is 10.1 Å². The average molecular weight is 286 g/mol. The zero-order valence-electron chi connectivity index (χ0n) is 12.2. The first-order valence-corrected chi connectivity index (χ1v) is 7.08. The molecule has 0 saturated carbocycles. The van der Waals surface area contributed by atoms with Crippen LogP contribution in [0.25, 0.3) is 0 Å². The van der Waals surface area contributed by atoms with Gasteiger partial charge in [0.05, 0.1) is 12.3 Å². The van der Waals surface area contributed by atoms with Crippen molar-refractivity contribution in [3.05, 3.63) is 41.3 Å². The first kappa shape index (κ1) is 13.6.